The zero-order chi connectivity index (χ0) is 7.28. The van der Waals surface area contributed by atoms with E-state index in [0.29, 0.717) is 0 Å². The smallest absolute Gasteiger partial charge is 0.0255 e. The van der Waals surface area contributed by atoms with Gasteiger partial charge in [0.25, 0.3) is 0 Å². The summed E-state index contributed by atoms with van der Waals surface area (Å²) in [6.07, 6.45) is 3.16. The van der Waals surface area contributed by atoms with Gasteiger partial charge in [-0.1, -0.05) is 12.7 Å². The van der Waals surface area contributed by atoms with Crippen LogP contribution >= 0.6 is 0 Å². The summed E-state index contributed by atoms with van der Waals surface area (Å²) in [5.41, 5.74) is 4.52. The van der Waals surface area contributed by atoms with Crippen LogP contribution in [0.2, 0.25) is 0 Å². The van der Waals surface area contributed by atoms with Gasteiger partial charge in [0.2, 0.25) is 0 Å². The molecule has 0 heterocycles. The van der Waals surface area contributed by atoms with Crippen LogP contribution < -0.4 is 0 Å². The molecule has 0 saturated carbocycles. The zero-order valence-corrected chi connectivity index (χ0v) is 5.86. The molecule has 0 atom stereocenters. The fourth-order valence-corrected chi connectivity index (χ4v) is 0.510. The SMILES string of the molecule is C=C=C(C)/C(C=N)=C/C. The lowest BCUT2D eigenvalue weighted by atomic mass is 10.1. The summed E-state index contributed by atoms with van der Waals surface area (Å²) in [7, 11) is 0. The number of rotatable bonds is 2. The normalized spacial score (nSPS) is 10.2. The van der Waals surface area contributed by atoms with Crippen LogP contribution in [-0.4, -0.2) is 6.21 Å². The van der Waals surface area contributed by atoms with Crippen LogP contribution in [0, 0.1) is 5.41 Å². The van der Waals surface area contributed by atoms with Crippen molar-refractivity contribution in [3.8, 4) is 0 Å². The first kappa shape index (κ1) is 7.93. The lowest BCUT2D eigenvalue weighted by molar-refractivity contribution is 1.44. The van der Waals surface area contributed by atoms with E-state index in [4.69, 9.17) is 5.41 Å². The van der Waals surface area contributed by atoms with Crippen molar-refractivity contribution in [3.63, 3.8) is 0 Å². The highest BCUT2D eigenvalue weighted by molar-refractivity contribution is 5.81. The molecule has 0 aliphatic rings. The van der Waals surface area contributed by atoms with Crippen molar-refractivity contribution in [2.75, 3.05) is 0 Å². The molecule has 0 saturated heterocycles. The van der Waals surface area contributed by atoms with Crippen LogP contribution in [0.15, 0.2) is 29.5 Å². The molecular weight excluding hydrogens is 110 g/mol. The van der Waals surface area contributed by atoms with Crippen LogP contribution in [-0.2, 0) is 0 Å². The summed E-state index contributed by atoms with van der Waals surface area (Å²) in [6, 6.07) is 0. The molecule has 1 nitrogen and oxygen atoms in total. The first-order valence-electron chi connectivity index (χ1n) is 2.80. The molecule has 0 aromatic rings. The van der Waals surface area contributed by atoms with E-state index in [1.165, 1.54) is 6.21 Å². The second kappa shape index (κ2) is 3.88. The molecule has 0 radical (unpaired) electrons. The molecule has 9 heavy (non-hydrogen) atoms. The molecule has 0 fully saturated rings. The molecule has 0 aliphatic heterocycles. The van der Waals surface area contributed by atoms with Crippen molar-refractivity contribution in [3.05, 3.63) is 29.5 Å². The molecule has 48 valence electrons. The number of hydrogen-bond donors (Lipinski definition) is 1. The van der Waals surface area contributed by atoms with Gasteiger partial charge in [0.1, 0.15) is 0 Å². The van der Waals surface area contributed by atoms with Crippen LogP contribution in [0.1, 0.15) is 13.8 Å². The fraction of sp³-hybridized carbons (Fsp3) is 0.250. The summed E-state index contributed by atoms with van der Waals surface area (Å²) < 4.78 is 0. The van der Waals surface area contributed by atoms with E-state index >= 15 is 0 Å². The molecule has 0 aromatic carbocycles. The highest BCUT2D eigenvalue weighted by Crippen LogP contribution is 2.02. The Kier molecular flexibility index (Phi) is 3.41. The Hall–Kier alpha value is -1.07. The van der Waals surface area contributed by atoms with Crippen molar-refractivity contribution < 1.29 is 0 Å². The third-order valence-electron chi connectivity index (χ3n) is 1.16. The van der Waals surface area contributed by atoms with E-state index in [-0.39, 0.29) is 0 Å². The van der Waals surface area contributed by atoms with E-state index in [1.807, 2.05) is 19.9 Å². The Labute approximate surface area is 55.9 Å². The van der Waals surface area contributed by atoms with Gasteiger partial charge in [0.15, 0.2) is 0 Å². The van der Waals surface area contributed by atoms with Gasteiger partial charge in [-0.3, -0.25) is 0 Å². The van der Waals surface area contributed by atoms with E-state index < -0.39 is 0 Å². The molecule has 0 spiro atoms. The lowest BCUT2D eigenvalue weighted by Crippen LogP contribution is -1.82. The standard InChI is InChI=1S/C8H11N/c1-4-7(3)8(5-2)6-9/h5-6,9H,1H2,2-3H3/b8-5+,9-6?. The van der Waals surface area contributed by atoms with Crippen LogP contribution in [0.5, 0.6) is 0 Å². The van der Waals surface area contributed by atoms with Gasteiger partial charge in [-0.2, -0.15) is 0 Å². The fourth-order valence-electron chi connectivity index (χ4n) is 0.510. The minimum atomic E-state index is 0.880. The Balaban J connectivity index is 4.52. The van der Waals surface area contributed by atoms with E-state index in [0.717, 1.165) is 11.1 Å². The topological polar surface area (TPSA) is 23.9 Å². The van der Waals surface area contributed by atoms with Crippen molar-refractivity contribution in [1.29, 1.82) is 5.41 Å². The second-order valence-corrected chi connectivity index (χ2v) is 1.69. The number of hydrogen-bond acceptors (Lipinski definition) is 1. The lowest BCUT2D eigenvalue weighted by Gasteiger charge is -1.92. The first-order valence-corrected chi connectivity index (χ1v) is 2.80. The van der Waals surface area contributed by atoms with Gasteiger partial charge in [-0.05, 0) is 25.0 Å². The van der Waals surface area contributed by atoms with Crippen molar-refractivity contribution in [1.82, 2.24) is 0 Å². The Morgan fingerprint density at radius 3 is 2.33 bits per heavy atom. The van der Waals surface area contributed by atoms with Gasteiger partial charge in [0.05, 0.1) is 0 Å². The summed E-state index contributed by atoms with van der Waals surface area (Å²) in [6.45, 7) is 7.24. The van der Waals surface area contributed by atoms with E-state index in [2.05, 4.69) is 12.3 Å². The Bertz CT molecular complexity index is 181. The summed E-state index contributed by atoms with van der Waals surface area (Å²) in [5, 5.41) is 6.91. The molecule has 0 unspecified atom stereocenters. The second-order valence-electron chi connectivity index (χ2n) is 1.69. The summed E-state index contributed by atoms with van der Waals surface area (Å²) in [4.78, 5) is 0. The third kappa shape index (κ3) is 2.11. The van der Waals surface area contributed by atoms with Crippen LogP contribution in [0.25, 0.3) is 0 Å². The average Bonchev–Trinajstić information content (AvgIpc) is 1.90. The first-order chi connectivity index (χ1) is 4.26. The van der Waals surface area contributed by atoms with Gasteiger partial charge in [-0.15, -0.1) is 5.73 Å². The minimum Gasteiger partial charge on any atom is -0.308 e. The van der Waals surface area contributed by atoms with Crippen LogP contribution in [0.4, 0.5) is 0 Å². The molecule has 0 rings (SSSR count). The maximum atomic E-state index is 6.91. The molecule has 0 aliphatic carbocycles. The zero-order valence-electron chi connectivity index (χ0n) is 5.86. The molecule has 1 N–H and O–H groups in total. The highest BCUT2D eigenvalue weighted by atomic mass is 14.3. The predicted octanol–water partition coefficient (Wildman–Crippen LogP) is 2.31. The van der Waals surface area contributed by atoms with Crippen molar-refractivity contribution in [2.24, 2.45) is 0 Å². The van der Waals surface area contributed by atoms with Crippen molar-refractivity contribution in [2.45, 2.75) is 13.8 Å². The molecule has 0 bridgehead atoms. The molecule has 0 amide bonds. The minimum absolute atomic E-state index is 0.880. The maximum absolute atomic E-state index is 6.91. The maximum Gasteiger partial charge on any atom is 0.0255 e. The van der Waals surface area contributed by atoms with Gasteiger partial charge in [0, 0.05) is 6.21 Å². The molecular formula is C8H11N. The van der Waals surface area contributed by atoms with Crippen LogP contribution in [0.3, 0.4) is 0 Å². The van der Waals surface area contributed by atoms with Gasteiger partial charge in [-0.25, -0.2) is 0 Å². The summed E-state index contributed by atoms with van der Waals surface area (Å²) >= 11 is 0. The van der Waals surface area contributed by atoms with Gasteiger partial charge >= 0.3 is 0 Å². The number of nitrogens with one attached hydrogen (secondary N) is 1. The average molecular weight is 121 g/mol. The monoisotopic (exact) mass is 121 g/mol. The number of allylic oxidation sites excluding steroid dienone is 3. The van der Waals surface area contributed by atoms with E-state index in [9.17, 15) is 0 Å². The highest BCUT2D eigenvalue weighted by Gasteiger charge is 1.89. The molecule has 0 aromatic heterocycles. The third-order valence-corrected chi connectivity index (χ3v) is 1.16. The quantitative estimate of drug-likeness (QED) is 0.329. The Morgan fingerprint density at radius 1 is 1.67 bits per heavy atom. The predicted molar refractivity (Wildman–Crippen MR) is 40.9 cm³/mol. The summed E-state index contributed by atoms with van der Waals surface area (Å²) in [5.74, 6) is 0. The Morgan fingerprint density at radius 2 is 2.22 bits per heavy atom. The van der Waals surface area contributed by atoms with E-state index in [1.54, 1.807) is 0 Å². The molecule has 1 heteroatoms. The van der Waals surface area contributed by atoms with Crippen molar-refractivity contribution >= 4 is 6.21 Å². The largest absolute Gasteiger partial charge is 0.308 e. The van der Waals surface area contributed by atoms with Gasteiger partial charge < -0.3 is 5.41 Å².